The molecular formula is C34H39BrClN3O6. The van der Waals surface area contributed by atoms with Crippen molar-refractivity contribution < 1.29 is 29.0 Å². The molecule has 0 saturated carbocycles. The Labute approximate surface area is 277 Å². The number of alkyl halides is 1. The van der Waals surface area contributed by atoms with Crippen LogP contribution in [0.3, 0.4) is 0 Å². The lowest BCUT2D eigenvalue weighted by atomic mass is 9.70. The molecule has 9 nitrogen and oxygen atoms in total. The van der Waals surface area contributed by atoms with E-state index in [1.165, 1.54) is 0 Å². The number of hydrogen-bond acceptors (Lipinski definition) is 6. The SMILES string of the molecule is C=CCN(C(=O)C1N(CCCCO)C(=O)[C@@H]2[C@H](C(=O)N(CC=C)c3ccc(OCC)cc3)[C@H]3OC12CC3Br)c1ccc(Cl)cc1. The highest BCUT2D eigenvalue weighted by atomic mass is 79.9. The Hall–Kier alpha value is -3.18. The summed E-state index contributed by atoms with van der Waals surface area (Å²) in [4.78, 5) is 48.1. The molecule has 2 aromatic carbocycles. The second-order valence-corrected chi connectivity index (χ2v) is 13.1. The van der Waals surface area contributed by atoms with E-state index in [0.29, 0.717) is 48.0 Å². The number of nitrogens with zero attached hydrogens (tertiary/aromatic N) is 3. The summed E-state index contributed by atoms with van der Waals surface area (Å²) in [6.45, 7) is 10.8. The van der Waals surface area contributed by atoms with Crippen LogP contribution in [0.1, 0.15) is 26.2 Å². The summed E-state index contributed by atoms with van der Waals surface area (Å²) >= 11 is 9.90. The van der Waals surface area contributed by atoms with E-state index in [2.05, 4.69) is 29.1 Å². The van der Waals surface area contributed by atoms with Crippen LogP contribution < -0.4 is 14.5 Å². The maximum atomic E-state index is 14.6. The van der Waals surface area contributed by atoms with Crippen molar-refractivity contribution in [1.82, 2.24) is 4.90 Å². The average Bonchev–Trinajstić information content (AvgIpc) is 3.62. The smallest absolute Gasteiger partial charge is 0.253 e. The van der Waals surface area contributed by atoms with Crippen LogP contribution in [0.5, 0.6) is 5.75 Å². The summed E-state index contributed by atoms with van der Waals surface area (Å²) in [5.41, 5.74) is 0.0241. The second kappa shape index (κ2) is 14.1. The Morgan fingerprint density at radius 1 is 1.07 bits per heavy atom. The molecule has 3 fully saturated rings. The fourth-order valence-corrected chi connectivity index (χ4v) is 8.14. The number of unbranched alkanes of at least 4 members (excludes halogenated alkanes) is 1. The minimum absolute atomic E-state index is 0.0374. The maximum Gasteiger partial charge on any atom is 0.253 e. The predicted molar refractivity (Wildman–Crippen MR) is 178 cm³/mol. The van der Waals surface area contributed by atoms with E-state index in [4.69, 9.17) is 21.1 Å². The van der Waals surface area contributed by atoms with E-state index >= 15 is 0 Å². The van der Waals surface area contributed by atoms with Gasteiger partial charge in [-0.1, -0.05) is 39.7 Å². The maximum absolute atomic E-state index is 14.6. The predicted octanol–water partition coefficient (Wildman–Crippen LogP) is 5.00. The molecule has 6 atom stereocenters. The number of aliphatic hydroxyl groups excluding tert-OH is 1. The van der Waals surface area contributed by atoms with E-state index < -0.39 is 29.6 Å². The number of carbonyl (C=O) groups excluding carboxylic acids is 3. The van der Waals surface area contributed by atoms with Gasteiger partial charge in [0.05, 0.1) is 24.5 Å². The van der Waals surface area contributed by atoms with Crippen LogP contribution >= 0.6 is 27.5 Å². The molecule has 5 rings (SSSR count). The van der Waals surface area contributed by atoms with Crippen molar-refractivity contribution in [1.29, 1.82) is 0 Å². The molecule has 3 heterocycles. The number of fused-ring (bicyclic) bond motifs is 1. The minimum Gasteiger partial charge on any atom is -0.494 e. The quantitative estimate of drug-likeness (QED) is 0.169. The Morgan fingerprint density at radius 3 is 2.24 bits per heavy atom. The number of likely N-dealkylation sites (tertiary alicyclic amines) is 1. The number of aliphatic hydroxyl groups is 1. The summed E-state index contributed by atoms with van der Waals surface area (Å²) in [5, 5.41) is 10.0. The molecule has 2 bridgehead atoms. The zero-order chi connectivity index (χ0) is 32.3. The van der Waals surface area contributed by atoms with E-state index in [1.807, 2.05) is 19.1 Å². The molecule has 45 heavy (non-hydrogen) atoms. The molecule has 11 heteroatoms. The largest absolute Gasteiger partial charge is 0.494 e. The van der Waals surface area contributed by atoms with Crippen LogP contribution in [0.2, 0.25) is 5.02 Å². The third-order valence-electron chi connectivity index (χ3n) is 8.87. The van der Waals surface area contributed by atoms with E-state index in [1.54, 1.807) is 63.2 Å². The molecule has 0 aromatic heterocycles. The molecule has 3 amide bonds. The molecule has 0 aliphatic carbocycles. The fraction of sp³-hybridized carbons (Fsp3) is 0.441. The van der Waals surface area contributed by atoms with Gasteiger partial charge in [0.1, 0.15) is 17.4 Å². The van der Waals surface area contributed by atoms with Gasteiger partial charge < -0.3 is 29.3 Å². The molecule has 2 aromatic rings. The third kappa shape index (κ3) is 6.05. The molecule has 3 aliphatic heterocycles. The topological polar surface area (TPSA) is 99.6 Å². The fourth-order valence-electron chi connectivity index (χ4n) is 7.07. The number of amides is 3. The highest BCUT2D eigenvalue weighted by Gasteiger charge is 2.77. The average molecular weight is 701 g/mol. The van der Waals surface area contributed by atoms with Gasteiger partial charge in [0.25, 0.3) is 5.91 Å². The van der Waals surface area contributed by atoms with Crippen molar-refractivity contribution in [2.45, 2.75) is 48.8 Å². The number of hydrogen-bond donors (Lipinski definition) is 1. The van der Waals surface area contributed by atoms with Crippen LogP contribution in [0, 0.1) is 11.8 Å². The first-order valence-electron chi connectivity index (χ1n) is 15.3. The zero-order valence-corrected chi connectivity index (χ0v) is 27.7. The molecule has 1 N–H and O–H groups in total. The normalized spacial score (nSPS) is 26.4. The summed E-state index contributed by atoms with van der Waals surface area (Å²) in [6.07, 6.45) is 4.01. The van der Waals surface area contributed by atoms with Crippen LogP contribution in [0.15, 0.2) is 73.8 Å². The Bertz CT molecular complexity index is 1420. The number of anilines is 2. The highest BCUT2D eigenvalue weighted by molar-refractivity contribution is 9.09. The number of rotatable bonds is 14. The summed E-state index contributed by atoms with van der Waals surface area (Å²) in [7, 11) is 0. The first kappa shape index (κ1) is 33.2. The van der Waals surface area contributed by atoms with E-state index in [0.717, 1.165) is 0 Å². The van der Waals surface area contributed by atoms with Crippen molar-refractivity contribution in [2.75, 3.05) is 42.6 Å². The number of halogens is 2. The lowest BCUT2D eigenvalue weighted by Crippen LogP contribution is -2.57. The highest BCUT2D eigenvalue weighted by Crippen LogP contribution is 2.60. The summed E-state index contributed by atoms with van der Waals surface area (Å²) in [6, 6.07) is 13.2. The monoisotopic (exact) mass is 699 g/mol. The van der Waals surface area contributed by atoms with Gasteiger partial charge in [-0.25, -0.2) is 0 Å². The molecule has 3 saturated heterocycles. The van der Waals surface area contributed by atoms with Crippen molar-refractivity contribution in [3.8, 4) is 5.75 Å². The standard InChI is InChI=1S/C34H39BrClN3O6/c1-4-17-37(24-13-15-25(16-14-24)44-6-3)31(41)27-28-32(42)39(19-7-8-20-40)30(34(28)21-26(35)29(27)45-34)33(43)38(18-5-2)23-11-9-22(36)10-12-23/h4-5,9-16,26-30,40H,1-2,6-8,17-21H2,3H3/t26?,27-,28-,29-,30?,34?/m0/s1. The van der Waals surface area contributed by atoms with Gasteiger partial charge in [0.15, 0.2) is 0 Å². The Balaban J connectivity index is 1.55. The Kier molecular flexibility index (Phi) is 10.4. The number of benzene rings is 2. The van der Waals surface area contributed by atoms with Crippen LogP contribution in [-0.4, -0.2) is 83.2 Å². The van der Waals surface area contributed by atoms with Crippen LogP contribution in [0.25, 0.3) is 0 Å². The molecular weight excluding hydrogens is 662 g/mol. The van der Waals surface area contributed by atoms with Gasteiger partial charge in [-0.05, 0) is 74.7 Å². The minimum atomic E-state index is -1.23. The van der Waals surface area contributed by atoms with Gasteiger partial charge in [-0.3, -0.25) is 14.4 Å². The van der Waals surface area contributed by atoms with Gasteiger partial charge in [0.2, 0.25) is 11.8 Å². The van der Waals surface area contributed by atoms with Gasteiger partial charge in [-0.2, -0.15) is 0 Å². The first-order chi connectivity index (χ1) is 21.7. The molecule has 3 unspecified atom stereocenters. The lowest BCUT2D eigenvalue weighted by Gasteiger charge is -2.37. The Morgan fingerprint density at radius 2 is 1.67 bits per heavy atom. The van der Waals surface area contributed by atoms with Crippen LogP contribution in [-0.2, 0) is 19.1 Å². The zero-order valence-electron chi connectivity index (χ0n) is 25.3. The molecule has 1 spiro atoms. The number of ether oxygens (including phenoxy) is 2. The van der Waals surface area contributed by atoms with Crippen molar-refractivity contribution in [3.63, 3.8) is 0 Å². The second-order valence-electron chi connectivity index (χ2n) is 11.5. The van der Waals surface area contributed by atoms with Gasteiger partial charge in [-0.15, -0.1) is 13.2 Å². The van der Waals surface area contributed by atoms with Gasteiger partial charge >= 0.3 is 0 Å². The molecule has 0 radical (unpaired) electrons. The van der Waals surface area contributed by atoms with Gasteiger partial charge in [0, 0.05) is 47.5 Å². The van der Waals surface area contributed by atoms with Crippen molar-refractivity contribution >= 4 is 56.6 Å². The summed E-state index contributed by atoms with van der Waals surface area (Å²) in [5.74, 6) is -1.88. The van der Waals surface area contributed by atoms with E-state index in [9.17, 15) is 19.5 Å². The lowest BCUT2D eigenvalue weighted by molar-refractivity contribution is -0.140. The summed E-state index contributed by atoms with van der Waals surface area (Å²) < 4.78 is 12.3. The number of carbonyl (C=O) groups is 3. The van der Waals surface area contributed by atoms with Crippen molar-refractivity contribution in [3.05, 3.63) is 78.9 Å². The van der Waals surface area contributed by atoms with Crippen molar-refractivity contribution in [2.24, 2.45) is 11.8 Å². The van der Waals surface area contributed by atoms with E-state index in [-0.39, 0.29) is 48.8 Å². The van der Waals surface area contributed by atoms with Crippen LogP contribution in [0.4, 0.5) is 11.4 Å². The first-order valence-corrected chi connectivity index (χ1v) is 16.6. The molecule has 240 valence electrons. The third-order valence-corrected chi connectivity index (χ3v) is 9.97. The molecule has 3 aliphatic rings.